The molecule has 1 atom stereocenters. The van der Waals surface area contributed by atoms with E-state index in [2.05, 4.69) is 51.5 Å². The third kappa shape index (κ3) is 3.27. The highest BCUT2D eigenvalue weighted by Crippen LogP contribution is 2.40. The van der Waals surface area contributed by atoms with Crippen LogP contribution in [0.25, 0.3) is 0 Å². The van der Waals surface area contributed by atoms with Crippen molar-refractivity contribution in [1.82, 2.24) is 14.7 Å². The first-order chi connectivity index (χ1) is 9.89. The number of hydrogen-bond acceptors (Lipinski definition) is 3. The smallest absolute Gasteiger partial charge is 0.115 e. The van der Waals surface area contributed by atoms with E-state index < -0.39 is 6.10 Å². The molecular weight excluding hydrogens is 286 g/mol. The average Bonchev–Trinajstić information content (AvgIpc) is 2.86. The number of aliphatic hydroxyl groups excluding tert-OH is 1. The molecule has 4 nitrogen and oxygen atoms in total. The minimum atomic E-state index is -0.648. The number of rotatable bonds is 8. The molecule has 0 bridgehead atoms. The third-order valence-corrected chi connectivity index (χ3v) is 4.95. The molecule has 0 fully saturated rings. The molecule has 0 aliphatic carbocycles. The van der Waals surface area contributed by atoms with Crippen LogP contribution in [0.3, 0.4) is 0 Å². The molecule has 1 aromatic heterocycles. The Labute approximate surface area is 134 Å². The van der Waals surface area contributed by atoms with Gasteiger partial charge in [-0.1, -0.05) is 39.3 Å². The van der Waals surface area contributed by atoms with Crippen molar-refractivity contribution in [2.24, 2.45) is 0 Å². The van der Waals surface area contributed by atoms with Crippen LogP contribution in [0.4, 0.5) is 0 Å². The van der Waals surface area contributed by atoms with Crippen LogP contribution in [-0.2, 0) is 0 Å². The van der Waals surface area contributed by atoms with Gasteiger partial charge >= 0.3 is 0 Å². The zero-order valence-corrected chi connectivity index (χ0v) is 15.0. The number of hydrogen-bond donors (Lipinski definition) is 1. The Hall–Kier alpha value is -0.580. The van der Waals surface area contributed by atoms with Gasteiger partial charge in [0.15, 0.2) is 0 Å². The Balaban J connectivity index is 3.36. The topological polar surface area (TPSA) is 41.3 Å². The quantitative estimate of drug-likeness (QED) is 0.786. The molecule has 1 aromatic rings. The summed E-state index contributed by atoms with van der Waals surface area (Å²) in [6, 6.07) is 0.172. The zero-order valence-electron chi connectivity index (χ0n) is 14.2. The van der Waals surface area contributed by atoms with E-state index in [0.717, 1.165) is 31.6 Å². The van der Waals surface area contributed by atoms with E-state index >= 15 is 0 Å². The molecule has 0 aliphatic heterocycles. The number of nitrogens with zero attached hydrogens (tertiary/aromatic N) is 3. The lowest BCUT2D eigenvalue weighted by Gasteiger charge is -2.46. The summed E-state index contributed by atoms with van der Waals surface area (Å²) in [5, 5.41) is 16.1. The van der Waals surface area contributed by atoms with Gasteiger partial charge in [0, 0.05) is 6.04 Å². The second-order valence-electron chi connectivity index (χ2n) is 5.80. The van der Waals surface area contributed by atoms with E-state index in [-0.39, 0.29) is 11.6 Å². The zero-order chi connectivity index (χ0) is 16.2. The lowest BCUT2D eigenvalue weighted by atomic mass is 9.82. The molecular formula is C16H30ClN3O. The van der Waals surface area contributed by atoms with Gasteiger partial charge < -0.3 is 5.11 Å². The molecule has 0 saturated heterocycles. The van der Waals surface area contributed by atoms with Gasteiger partial charge in [-0.3, -0.25) is 9.58 Å². The molecule has 1 unspecified atom stereocenters. The number of aliphatic hydroxyl groups is 1. The van der Waals surface area contributed by atoms with E-state index in [4.69, 9.17) is 11.6 Å². The predicted molar refractivity (Wildman–Crippen MR) is 88.8 cm³/mol. The van der Waals surface area contributed by atoms with Crippen molar-refractivity contribution in [3.63, 3.8) is 0 Å². The molecule has 0 spiro atoms. The highest BCUT2D eigenvalue weighted by molar-refractivity contribution is 6.31. The summed E-state index contributed by atoms with van der Waals surface area (Å²) in [6.45, 7) is 14.5. The Morgan fingerprint density at radius 1 is 1.24 bits per heavy atom. The van der Waals surface area contributed by atoms with E-state index in [1.807, 2.05) is 4.68 Å². The standard InChI is InChI=1S/C16H30ClN3O/c1-7-16(8-2,19(9-3)10-4)15(21)14-13(17)11-18-20(14)12(5)6/h11-12,15,21H,7-10H2,1-6H3. The van der Waals surface area contributed by atoms with E-state index in [9.17, 15) is 5.11 Å². The fourth-order valence-electron chi connectivity index (χ4n) is 3.38. The summed E-state index contributed by atoms with van der Waals surface area (Å²) < 4.78 is 1.84. The van der Waals surface area contributed by atoms with Gasteiger partial charge in [0.25, 0.3) is 0 Å². The Morgan fingerprint density at radius 3 is 2.14 bits per heavy atom. The van der Waals surface area contributed by atoms with Crippen LogP contribution >= 0.6 is 11.6 Å². The van der Waals surface area contributed by atoms with E-state index in [1.165, 1.54) is 0 Å². The predicted octanol–water partition coefficient (Wildman–Crippen LogP) is 4.05. The van der Waals surface area contributed by atoms with Crippen molar-refractivity contribution in [2.75, 3.05) is 13.1 Å². The molecule has 5 heteroatoms. The van der Waals surface area contributed by atoms with Gasteiger partial charge in [-0.15, -0.1) is 0 Å². The van der Waals surface area contributed by atoms with Crippen molar-refractivity contribution in [2.45, 2.75) is 72.1 Å². The molecule has 21 heavy (non-hydrogen) atoms. The van der Waals surface area contributed by atoms with Crippen LogP contribution in [0.5, 0.6) is 0 Å². The third-order valence-electron chi connectivity index (χ3n) is 4.66. The highest BCUT2D eigenvalue weighted by atomic mass is 35.5. The molecule has 0 amide bonds. The summed E-state index contributed by atoms with van der Waals surface area (Å²) >= 11 is 6.33. The Morgan fingerprint density at radius 2 is 1.76 bits per heavy atom. The maximum absolute atomic E-state index is 11.2. The van der Waals surface area contributed by atoms with Gasteiger partial charge in [0.1, 0.15) is 6.10 Å². The maximum Gasteiger partial charge on any atom is 0.115 e. The molecule has 0 saturated carbocycles. The van der Waals surface area contributed by atoms with Gasteiger partial charge in [0.2, 0.25) is 0 Å². The first-order valence-electron chi connectivity index (χ1n) is 8.05. The van der Waals surface area contributed by atoms with Gasteiger partial charge in [-0.2, -0.15) is 5.10 Å². The molecule has 0 radical (unpaired) electrons. The van der Waals surface area contributed by atoms with Crippen LogP contribution in [-0.4, -0.2) is 38.4 Å². The minimum absolute atomic E-state index is 0.172. The lowest BCUT2D eigenvalue weighted by Crippen LogP contribution is -2.52. The molecule has 122 valence electrons. The first-order valence-corrected chi connectivity index (χ1v) is 8.43. The van der Waals surface area contributed by atoms with Crippen molar-refractivity contribution in [3.05, 3.63) is 16.9 Å². The summed E-state index contributed by atoms with van der Waals surface area (Å²) in [7, 11) is 0. The van der Waals surface area contributed by atoms with Crippen molar-refractivity contribution >= 4 is 11.6 Å². The van der Waals surface area contributed by atoms with Crippen molar-refractivity contribution < 1.29 is 5.11 Å². The number of likely N-dealkylation sites (N-methyl/N-ethyl adjacent to an activating group) is 1. The number of aromatic nitrogens is 2. The van der Waals surface area contributed by atoms with Crippen LogP contribution in [0, 0.1) is 0 Å². The fourth-order valence-corrected chi connectivity index (χ4v) is 3.62. The second kappa shape index (κ2) is 7.61. The fraction of sp³-hybridized carbons (Fsp3) is 0.812. The maximum atomic E-state index is 11.2. The van der Waals surface area contributed by atoms with E-state index in [1.54, 1.807) is 6.20 Å². The normalized spacial score (nSPS) is 14.2. The van der Waals surface area contributed by atoms with Crippen LogP contribution < -0.4 is 0 Å². The first kappa shape index (κ1) is 18.5. The molecule has 1 heterocycles. The monoisotopic (exact) mass is 315 g/mol. The summed E-state index contributed by atoms with van der Waals surface area (Å²) in [5.74, 6) is 0. The molecule has 0 aromatic carbocycles. The SMILES string of the molecule is CCN(CC)C(CC)(CC)C(O)c1c(Cl)cnn1C(C)C. The Kier molecular flexibility index (Phi) is 6.70. The van der Waals surface area contributed by atoms with Crippen molar-refractivity contribution in [1.29, 1.82) is 0 Å². The minimum Gasteiger partial charge on any atom is -0.385 e. The summed E-state index contributed by atoms with van der Waals surface area (Å²) in [4.78, 5) is 2.34. The highest BCUT2D eigenvalue weighted by Gasteiger charge is 2.42. The van der Waals surface area contributed by atoms with Crippen LogP contribution in [0.2, 0.25) is 5.02 Å². The number of halogens is 1. The molecule has 1 rings (SSSR count). The average molecular weight is 316 g/mol. The lowest BCUT2D eigenvalue weighted by molar-refractivity contribution is -0.0411. The van der Waals surface area contributed by atoms with Gasteiger partial charge in [0.05, 0.1) is 22.5 Å². The van der Waals surface area contributed by atoms with Crippen LogP contribution in [0.15, 0.2) is 6.20 Å². The van der Waals surface area contributed by atoms with E-state index in [0.29, 0.717) is 5.02 Å². The van der Waals surface area contributed by atoms with Gasteiger partial charge in [-0.05, 0) is 39.8 Å². The molecule has 0 aliphatic rings. The van der Waals surface area contributed by atoms with Crippen molar-refractivity contribution in [3.8, 4) is 0 Å². The summed E-state index contributed by atoms with van der Waals surface area (Å²) in [5.41, 5.74) is 0.432. The largest absolute Gasteiger partial charge is 0.385 e. The summed E-state index contributed by atoms with van der Waals surface area (Å²) in [6.07, 6.45) is 2.72. The van der Waals surface area contributed by atoms with Gasteiger partial charge in [-0.25, -0.2) is 0 Å². The van der Waals surface area contributed by atoms with Crippen LogP contribution in [0.1, 0.15) is 72.2 Å². The molecule has 1 N–H and O–H groups in total. The second-order valence-corrected chi connectivity index (χ2v) is 6.21. The Bertz CT molecular complexity index is 437.